The molecule has 1 aromatic rings. The Labute approximate surface area is 203 Å². The summed E-state index contributed by atoms with van der Waals surface area (Å²) < 4.78 is 15.0. The van der Waals surface area contributed by atoms with Gasteiger partial charge in [-0.25, -0.2) is 0 Å². The number of esters is 2. The van der Waals surface area contributed by atoms with Gasteiger partial charge in [0.15, 0.2) is 6.10 Å². The van der Waals surface area contributed by atoms with Crippen molar-refractivity contribution in [3.63, 3.8) is 0 Å². The van der Waals surface area contributed by atoms with Crippen LogP contribution in [0.2, 0.25) is 0 Å². The average molecular weight is 499 g/mol. The quantitative estimate of drug-likeness (QED) is 0.364. The average Bonchev–Trinajstić information content (AvgIpc) is 2.73. The third-order valence-electron chi connectivity index (χ3n) is 5.04. The first-order chi connectivity index (χ1) is 15.8. The van der Waals surface area contributed by atoms with Crippen LogP contribution in [0.5, 0.6) is 0 Å². The first-order valence-corrected chi connectivity index (χ1v) is 10.9. The van der Waals surface area contributed by atoms with Gasteiger partial charge in [0, 0.05) is 44.8 Å². The number of carbonyl (C=O) groups excluding carboxylic acids is 5. The van der Waals surface area contributed by atoms with E-state index in [1.807, 2.05) is 0 Å². The molecule has 0 fully saturated rings. The van der Waals surface area contributed by atoms with Crippen molar-refractivity contribution in [1.29, 1.82) is 0 Å². The molecule has 0 saturated heterocycles. The Morgan fingerprint density at radius 2 is 1.62 bits per heavy atom. The maximum absolute atomic E-state index is 13.5. The molecule has 2 amide bonds. The lowest BCUT2D eigenvalue weighted by atomic mass is 9.88. The molecule has 0 radical (unpaired) electrons. The molecule has 0 saturated carbocycles. The molecule has 1 rings (SSSR count). The van der Waals surface area contributed by atoms with Crippen LogP contribution in [-0.2, 0) is 35.0 Å². The van der Waals surface area contributed by atoms with Gasteiger partial charge < -0.3 is 24.4 Å². The molecule has 188 valence electrons. The van der Waals surface area contributed by atoms with Gasteiger partial charge in [-0.3, -0.25) is 24.0 Å². The zero-order valence-electron chi connectivity index (χ0n) is 20.5. The van der Waals surface area contributed by atoms with Crippen molar-refractivity contribution >= 4 is 46.3 Å². The Hall–Kier alpha value is -2.98. The zero-order valence-corrected chi connectivity index (χ0v) is 21.3. The summed E-state index contributed by atoms with van der Waals surface area (Å²) >= 11 is 5.88. The van der Waals surface area contributed by atoms with Crippen molar-refractivity contribution in [2.75, 3.05) is 39.2 Å². The molecular formula is C23H31ClN2O8. The molecule has 1 unspecified atom stereocenters. The molecule has 11 heteroatoms. The van der Waals surface area contributed by atoms with Crippen LogP contribution in [-0.4, -0.2) is 73.9 Å². The Bertz CT molecular complexity index is 976. The highest BCUT2D eigenvalue weighted by atomic mass is 35.5. The number of carbonyl (C=O) groups is 5. The minimum absolute atomic E-state index is 0.0856. The summed E-state index contributed by atoms with van der Waals surface area (Å²) in [6, 6.07) is 0. The van der Waals surface area contributed by atoms with E-state index < -0.39 is 35.1 Å². The van der Waals surface area contributed by atoms with Crippen LogP contribution >= 0.6 is 11.6 Å². The lowest BCUT2D eigenvalue weighted by Crippen LogP contribution is -2.40. The maximum Gasteiger partial charge on any atom is 0.303 e. The lowest BCUT2D eigenvalue weighted by Gasteiger charge is -2.27. The van der Waals surface area contributed by atoms with E-state index in [2.05, 4.69) is 5.32 Å². The highest BCUT2D eigenvalue weighted by molar-refractivity contribution is 6.68. The molecule has 1 aromatic carbocycles. The van der Waals surface area contributed by atoms with Crippen molar-refractivity contribution in [1.82, 2.24) is 4.90 Å². The summed E-state index contributed by atoms with van der Waals surface area (Å²) in [5.74, 6) is -2.11. The predicted octanol–water partition coefficient (Wildman–Crippen LogP) is 2.40. The number of hydrogen-bond acceptors (Lipinski definition) is 8. The van der Waals surface area contributed by atoms with Gasteiger partial charge in [0.1, 0.15) is 13.2 Å². The number of methoxy groups -OCH3 is 1. The molecule has 1 atom stereocenters. The van der Waals surface area contributed by atoms with E-state index in [0.717, 1.165) is 0 Å². The summed E-state index contributed by atoms with van der Waals surface area (Å²) in [4.78, 5) is 62.0. The number of rotatable bonds is 11. The third kappa shape index (κ3) is 7.53. The largest absolute Gasteiger partial charge is 0.462 e. The first kappa shape index (κ1) is 29.1. The fraction of sp³-hybridized carbons (Fsp3) is 0.522. The van der Waals surface area contributed by atoms with Gasteiger partial charge in [-0.2, -0.15) is 0 Å². The van der Waals surface area contributed by atoms with Crippen molar-refractivity contribution in [3.05, 3.63) is 27.8 Å². The second-order valence-electron chi connectivity index (χ2n) is 7.68. The summed E-state index contributed by atoms with van der Waals surface area (Å²) in [7, 11) is 2.85. The predicted molar refractivity (Wildman–Crippen MR) is 125 cm³/mol. The van der Waals surface area contributed by atoms with E-state index in [4.69, 9.17) is 25.8 Å². The number of benzene rings is 1. The molecule has 0 spiro atoms. The minimum Gasteiger partial charge on any atom is -0.462 e. The Kier molecular flexibility index (Phi) is 11.1. The van der Waals surface area contributed by atoms with E-state index in [1.165, 1.54) is 32.9 Å². The molecule has 0 aromatic heterocycles. The number of halogens is 1. The summed E-state index contributed by atoms with van der Waals surface area (Å²) in [5, 5.41) is 1.92. The molecule has 0 aliphatic rings. The number of likely N-dealkylation sites (N-methyl/N-ethyl adjacent to an activating group) is 1. The van der Waals surface area contributed by atoms with E-state index in [0.29, 0.717) is 23.1 Å². The highest BCUT2D eigenvalue weighted by Gasteiger charge is 2.29. The van der Waals surface area contributed by atoms with Crippen LogP contribution in [0, 0.1) is 13.8 Å². The van der Waals surface area contributed by atoms with Crippen molar-refractivity contribution in [3.8, 4) is 0 Å². The topological polar surface area (TPSA) is 128 Å². The lowest BCUT2D eigenvalue weighted by molar-refractivity contribution is -0.156. The van der Waals surface area contributed by atoms with Gasteiger partial charge >= 0.3 is 11.9 Å². The van der Waals surface area contributed by atoms with Crippen LogP contribution in [0.4, 0.5) is 5.69 Å². The number of ether oxygens (including phenoxy) is 3. The SMILES string of the molecule is CCc1c(C(=O)Cl)c(C)c(NC(=O)COC)c(C)c1C(=O)N(C)CC(COC(C)=O)OC(C)=O. The van der Waals surface area contributed by atoms with Crippen molar-refractivity contribution < 1.29 is 38.2 Å². The van der Waals surface area contributed by atoms with Crippen molar-refractivity contribution in [2.45, 2.75) is 47.1 Å². The van der Waals surface area contributed by atoms with Crippen LogP contribution in [0.15, 0.2) is 0 Å². The number of nitrogens with zero attached hydrogens (tertiary/aromatic N) is 1. The van der Waals surface area contributed by atoms with Crippen LogP contribution in [0.25, 0.3) is 0 Å². The Morgan fingerprint density at radius 1 is 1.03 bits per heavy atom. The fourth-order valence-electron chi connectivity index (χ4n) is 3.66. The molecule has 0 aliphatic heterocycles. The molecular weight excluding hydrogens is 468 g/mol. The van der Waals surface area contributed by atoms with E-state index in [9.17, 15) is 24.0 Å². The van der Waals surface area contributed by atoms with Crippen LogP contribution in [0.3, 0.4) is 0 Å². The van der Waals surface area contributed by atoms with Crippen LogP contribution in [0.1, 0.15) is 58.2 Å². The summed E-state index contributed by atoms with van der Waals surface area (Å²) in [6.07, 6.45) is -0.585. The zero-order chi connectivity index (χ0) is 26.2. The molecule has 10 nitrogen and oxygen atoms in total. The normalized spacial score (nSPS) is 11.4. The van der Waals surface area contributed by atoms with E-state index in [-0.39, 0.29) is 36.6 Å². The molecule has 0 aliphatic carbocycles. The van der Waals surface area contributed by atoms with Gasteiger partial charge in [0.05, 0.1) is 6.54 Å². The van der Waals surface area contributed by atoms with Crippen molar-refractivity contribution in [2.24, 2.45) is 0 Å². The number of anilines is 1. The third-order valence-corrected chi connectivity index (χ3v) is 5.23. The Balaban J connectivity index is 3.52. The highest BCUT2D eigenvalue weighted by Crippen LogP contribution is 2.34. The number of amides is 2. The van der Waals surface area contributed by atoms with Gasteiger partial charge in [-0.1, -0.05) is 6.92 Å². The van der Waals surface area contributed by atoms with Gasteiger partial charge in [0.2, 0.25) is 5.91 Å². The fourth-order valence-corrected chi connectivity index (χ4v) is 3.92. The Morgan fingerprint density at radius 3 is 2.09 bits per heavy atom. The first-order valence-electron chi connectivity index (χ1n) is 10.6. The number of nitrogens with one attached hydrogen (secondary N) is 1. The molecule has 34 heavy (non-hydrogen) atoms. The smallest absolute Gasteiger partial charge is 0.303 e. The molecule has 0 bridgehead atoms. The van der Waals surface area contributed by atoms with E-state index >= 15 is 0 Å². The maximum atomic E-state index is 13.5. The second-order valence-corrected chi connectivity index (χ2v) is 8.02. The minimum atomic E-state index is -0.902. The van der Waals surface area contributed by atoms with Gasteiger partial charge in [-0.15, -0.1) is 0 Å². The molecule has 1 N–H and O–H groups in total. The van der Waals surface area contributed by atoms with Gasteiger partial charge in [0.25, 0.3) is 11.1 Å². The monoisotopic (exact) mass is 498 g/mol. The van der Waals surface area contributed by atoms with Gasteiger partial charge in [-0.05, 0) is 48.6 Å². The van der Waals surface area contributed by atoms with E-state index in [1.54, 1.807) is 20.8 Å². The van der Waals surface area contributed by atoms with Crippen LogP contribution < -0.4 is 5.32 Å². The molecule has 0 heterocycles. The summed E-state index contributed by atoms with van der Waals surface area (Å²) in [6.45, 7) is 6.95. The number of hydrogen-bond donors (Lipinski definition) is 1. The summed E-state index contributed by atoms with van der Waals surface area (Å²) in [5.41, 5.74) is 1.93. The second kappa shape index (κ2) is 13.0. The standard InChI is InChI=1S/C23H31ClN2O8/c1-8-17-19(22(24)30)12(2)21(25-18(29)11-32-7)13(3)20(17)23(31)26(6)9-16(34-15(5)28)10-33-14(4)27/h16H,8-11H2,1-7H3,(H,25,29).